The Bertz CT molecular complexity index is 1260. The van der Waals surface area contributed by atoms with Crippen LogP contribution < -0.4 is 20.9 Å². The van der Waals surface area contributed by atoms with E-state index in [1.165, 1.54) is 24.3 Å². The molecular weight excluding hydrogens is 483 g/mol. The molecule has 33 heavy (non-hydrogen) atoms. The van der Waals surface area contributed by atoms with Crippen LogP contribution in [0.15, 0.2) is 94.7 Å². The van der Waals surface area contributed by atoms with Crippen LogP contribution >= 0.6 is 23.2 Å². The highest BCUT2D eigenvalue weighted by Gasteiger charge is 2.18. The van der Waals surface area contributed by atoms with Crippen LogP contribution in [0.1, 0.15) is 0 Å². The number of nitrogens with two attached hydrogens (primary N) is 2. The van der Waals surface area contributed by atoms with Gasteiger partial charge in [0, 0.05) is 33.6 Å². The summed E-state index contributed by atoms with van der Waals surface area (Å²) in [5.41, 5.74) is 12.4. The zero-order valence-electron chi connectivity index (χ0n) is 17.0. The van der Waals surface area contributed by atoms with Crippen molar-refractivity contribution in [1.82, 2.24) is 0 Å². The second kappa shape index (κ2) is 9.23. The lowest BCUT2D eigenvalue weighted by Crippen LogP contribution is -2.02. The van der Waals surface area contributed by atoms with Crippen LogP contribution in [0.2, 0.25) is 10.0 Å². The number of ether oxygens (including phenoxy) is 2. The number of rotatable bonds is 6. The predicted octanol–water partition coefficient (Wildman–Crippen LogP) is 6.58. The molecule has 0 aliphatic heterocycles. The zero-order chi connectivity index (χ0) is 23.6. The first-order valence-corrected chi connectivity index (χ1v) is 11.9. The number of nitrogen functional groups attached to an aromatic ring is 2. The van der Waals surface area contributed by atoms with Crippen LogP contribution in [0.25, 0.3) is 0 Å². The summed E-state index contributed by atoms with van der Waals surface area (Å²) in [6, 6.07) is 21.8. The number of anilines is 2. The van der Waals surface area contributed by atoms with Gasteiger partial charge in [0.25, 0.3) is 0 Å². The molecule has 9 heteroatoms. The third-order valence-electron chi connectivity index (χ3n) is 4.53. The molecule has 0 heterocycles. The lowest BCUT2D eigenvalue weighted by molar-refractivity contribution is 0.482. The maximum Gasteiger partial charge on any atom is 0.206 e. The fourth-order valence-corrected chi connectivity index (χ4v) is 4.80. The Morgan fingerprint density at radius 3 is 1.24 bits per heavy atom. The number of hydrogen-bond acceptors (Lipinski definition) is 6. The predicted molar refractivity (Wildman–Crippen MR) is 130 cm³/mol. The van der Waals surface area contributed by atoms with Crippen molar-refractivity contribution in [2.24, 2.45) is 0 Å². The van der Waals surface area contributed by atoms with Crippen molar-refractivity contribution in [3.05, 3.63) is 95.0 Å². The molecule has 0 atom stereocenters. The van der Waals surface area contributed by atoms with Gasteiger partial charge in [0.2, 0.25) is 9.84 Å². The van der Waals surface area contributed by atoms with Gasteiger partial charge in [-0.25, -0.2) is 8.42 Å². The van der Waals surface area contributed by atoms with Gasteiger partial charge in [0.1, 0.15) is 23.0 Å². The molecule has 0 aliphatic rings. The van der Waals surface area contributed by atoms with E-state index in [1.54, 1.807) is 60.7 Å². The Hall–Kier alpha value is -3.39. The van der Waals surface area contributed by atoms with E-state index < -0.39 is 9.84 Å². The first-order chi connectivity index (χ1) is 15.7. The second-order valence-corrected chi connectivity index (χ2v) is 9.91. The van der Waals surface area contributed by atoms with Gasteiger partial charge in [-0.15, -0.1) is 0 Å². The van der Waals surface area contributed by atoms with Crippen molar-refractivity contribution in [3.63, 3.8) is 0 Å². The Morgan fingerprint density at radius 2 is 0.909 bits per heavy atom. The van der Waals surface area contributed by atoms with Gasteiger partial charge in [-0.2, -0.15) is 0 Å². The van der Waals surface area contributed by atoms with Crippen molar-refractivity contribution in [1.29, 1.82) is 0 Å². The average molecular weight is 501 g/mol. The molecule has 0 saturated heterocycles. The topological polar surface area (TPSA) is 105 Å². The fourth-order valence-electron chi connectivity index (χ4n) is 3.07. The monoisotopic (exact) mass is 500 g/mol. The Balaban J connectivity index is 1.50. The third-order valence-corrected chi connectivity index (χ3v) is 6.75. The molecule has 0 bridgehead atoms. The number of benzene rings is 4. The lowest BCUT2D eigenvalue weighted by Gasteiger charge is -2.10. The summed E-state index contributed by atoms with van der Waals surface area (Å²) in [6.07, 6.45) is 0. The molecule has 168 valence electrons. The zero-order valence-corrected chi connectivity index (χ0v) is 19.4. The molecule has 0 unspecified atom stereocenters. The van der Waals surface area contributed by atoms with E-state index in [4.69, 9.17) is 44.1 Å². The summed E-state index contributed by atoms with van der Waals surface area (Å²) in [5.74, 6) is 1.79. The molecule has 0 fully saturated rings. The molecule has 6 nitrogen and oxygen atoms in total. The van der Waals surface area contributed by atoms with Gasteiger partial charge >= 0.3 is 0 Å². The average Bonchev–Trinajstić information content (AvgIpc) is 2.73. The van der Waals surface area contributed by atoms with E-state index >= 15 is 0 Å². The van der Waals surface area contributed by atoms with E-state index in [-0.39, 0.29) is 9.79 Å². The molecule has 0 aliphatic carbocycles. The molecule has 0 spiro atoms. The fraction of sp³-hybridized carbons (Fsp3) is 0. The highest BCUT2D eigenvalue weighted by Crippen LogP contribution is 2.31. The van der Waals surface area contributed by atoms with Crippen LogP contribution in [-0.4, -0.2) is 8.42 Å². The third kappa shape index (κ3) is 5.51. The van der Waals surface area contributed by atoms with E-state index in [9.17, 15) is 8.42 Å². The molecular formula is C24H18Cl2N2O4S. The maximum atomic E-state index is 13.0. The van der Waals surface area contributed by atoms with Gasteiger partial charge in [-0.1, -0.05) is 23.2 Å². The molecule has 4 N–H and O–H groups in total. The number of halogens is 2. The summed E-state index contributed by atoms with van der Waals surface area (Å²) >= 11 is 12.0. The molecule has 0 amide bonds. The maximum absolute atomic E-state index is 13.0. The van der Waals surface area contributed by atoms with E-state index in [2.05, 4.69) is 0 Å². The summed E-state index contributed by atoms with van der Waals surface area (Å²) in [4.78, 5) is 0.244. The first-order valence-electron chi connectivity index (χ1n) is 9.62. The van der Waals surface area contributed by atoms with Crippen molar-refractivity contribution < 1.29 is 17.9 Å². The second-order valence-electron chi connectivity index (χ2n) is 7.09. The minimum atomic E-state index is -3.74. The molecule has 0 aromatic heterocycles. The minimum absolute atomic E-state index is 0.122. The largest absolute Gasteiger partial charge is 0.457 e. The number of sulfone groups is 1. The molecule has 4 aromatic rings. The van der Waals surface area contributed by atoms with Gasteiger partial charge in [-0.05, 0) is 72.8 Å². The van der Waals surface area contributed by atoms with Crippen LogP contribution in [0.5, 0.6) is 23.0 Å². The van der Waals surface area contributed by atoms with Crippen LogP contribution in [0.4, 0.5) is 11.4 Å². The summed E-state index contributed by atoms with van der Waals surface area (Å²) in [6.45, 7) is 0. The summed E-state index contributed by atoms with van der Waals surface area (Å²) in [7, 11) is -3.74. The standard InChI is InChI=1S/C24H18Cl2N2O4S/c25-15-9-17(27)13-21(11-15)31-19-1-5-23(6-2-19)33(29,30)24-7-3-20(4-8-24)32-22-12-16(26)10-18(28)14-22/h1-14H,27-28H2. The molecule has 0 radical (unpaired) electrons. The SMILES string of the molecule is Nc1cc(Cl)cc(Oc2ccc(S(=O)(=O)c3ccc(Oc4cc(N)cc(Cl)c4)cc3)cc2)c1. The van der Waals surface area contributed by atoms with Crippen molar-refractivity contribution in [2.45, 2.75) is 9.79 Å². The van der Waals surface area contributed by atoms with Gasteiger partial charge < -0.3 is 20.9 Å². The minimum Gasteiger partial charge on any atom is -0.457 e. The van der Waals surface area contributed by atoms with Gasteiger partial charge in [0.15, 0.2) is 0 Å². The van der Waals surface area contributed by atoms with Crippen molar-refractivity contribution in [3.8, 4) is 23.0 Å². The van der Waals surface area contributed by atoms with Crippen molar-refractivity contribution >= 4 is 44.4 Å². The molecule has 0 saturated carbocycles. The van der Waals surface area contributed by atoms with E-state index in [0.29, 0.717) is 44.4 Å². The number of hydrogen-bond donors (Lipinski definition) is 2. The van der Waals surface area contributed by atoms with Gasteiger partial charge in [0.05, 0.1) is 9.79 Å². The van der Waals surface area contributed by atoms with Crippen LogP contribution in [0, 0.1) is 0 Å². The highest BCUT2D eigenvalue weighted by atomic mass is 35.5. The molecule has 4 rings (SSSR count). The normalized spacial score (nSPS) is 11.2. The smallest absolute Gasteiger partial charge is 0.206 e. The van der Waals surface area contributed by atoms with E-state index in [1.807, 2.05) is 0 Å². The highest BCUT2D eigenvalue weighted by molar-refractivity contribution is 7.91. The summed E-state index contributed by atoms with van der Waals surface area (Å²) < 4.78 is 37.4. The summed E-state index contributed by atoms with van der Waals surface area (Å²) in [5, 5.41) is 0.880. The Morgan fingerprint density at radius 1 is 0.545 bits per heavy atom. The Labute approximate surface area is 201 Å². The Kier molecular flexibility index (Phi) is 6.37. The van der Waals surface area contributed by atoms with Gasteiger partial charge in [-0.3, -0.25) is 0 Å². The molecule has 4 aromatic carbocycles. The lowest BCUT2D eigenvalue weighted by atomic mass is 10.3. The van der Waals surface area contributed by atoms with Crippen LogP contribution in [-0.2, 0) is 9.84 Å². The van der Waals surface area contributed by atoms with E-state index in [0.717, 1.165) is 0 Å². The quantitative estimate of drug-likeness (QED) is 0.290. The first kappa shape index (κ1) is 22.8. The van der Waals surface area contributed by atoms with Crippen LogP contribution in [0.3, 0.4) is 0 Å². The van der Waals surface area contributed by atoms with Crippen molar-refractivity contribution in [2.75, 3.05) is 11.5 Å².